The van der Waals surface area contributed by atoms with Crippen molar-refractivity contribution in [2.45, 2.75) is 272 Å². The molecule has 0 aromatic carbocycles. The summed E-state index contributed by atoms with van der Waals surface area (Å²) in [6, 6.07) is 0. The van der Waals surface area contributed by atoms with Crippen LogP contribution in [0.5, 0.6) is 0 Å². The Kier molecular flexibility index (Phi) is 40.8. The zero-order chi connectivity index (χ0) is 40.5. The minimum atomic E-state index is -0.761. The van der Waals surface area contributed by atoms with Crippen LogP contribution in [0, 0.1) is 11.8 Å². The monoisotopic (exact) mass is 779 g/mol. The number of rotatable bonds is 43. The number of unbranched alkanes of at least 4 members (excludes halogenated alkanes) is 28. The maximum absolute atomic E-state index is 12.7. The van der Waals surface area contributed by atoms with Crippen LogP contribution in [-0.4, -0.2) is 37.2 Å². The predicted octanol–water partition coefficient (Wildman–Crippen LogP) is 15.4. The number of carbonyl (C=O) groups is 3. The van der Waals surface area contributed by atoms with Crippen molar-refractivity contribution in [2.24, 2.45) is 11.8 Å². The fourth-order valence-corrected chi connectivity index (χ4v) is 7.28. The quantitative estimate of drug-likeness (QED) is 0.0348. The molecule has 1 atom stereocenters. The van der Waals surface area contributed by atoms with E-state index in [0.29, 0.717) is 19.3 Å². The molecule has 0 heterocycles. The van der Waals surface area contributed by atoms with Crippen LogP contribution < -0.4 is 0 Å². The second-order valence-electron chi connectivity index (χ2n) is 17.7. The maximum Gasteiger partial charge on any atom is 0.306 e. The van der Waals surface area contributed by atoms with Gasteiger partial charge in [-0.25, -0.2) is 0 Å². The first kappa shape index (κ1) is 53.4. The lowest BCUT2D eigenvalue weighted by Crippen LogP contribution is -2.30. The molecule has 6 nitrogen and oxygen atoms in total. The van der Waals surface area contributed by atoms with E-state index in [2.05, 4.69) is 34.6 Å². The molecule has 0 aliphatic heterocycles. The zero-order valence-electron chi connectivity index (χ0n) is 37.6. The highest BCUT2D eigenvalue weighted by atomic mass is 16.6. The summed E-state index contributed by atoms with van der Waals surface area (Å²) in [4.78, 5) is 37.8. The van der Waals surface area contributed by atoms with Crippen LogP contribution in [0.1, 0.15) is 266 Å². The van der Waals surface area contributed by atoms with Gasteiger partial charge in [-0.1, -0.05) is 227 Å². The molecular formula is C49H94O6. The molecule has 0 aromatic rings. The molecule has 0 bridgehead atoms. The third kappa shape index (κ3) is 43.4. The van der Waals surface area contributed by atoms with Crippen LogP contribution in [0.25, 0.3) is 0 Å². The molecule has 6 heteroatoms. The van der Waals surface area contributed by atoms with Crippen LogP contribution >= 0.6 is 0 Å². The Bertz CT molecular complexity index is 839. The predicted molar refractivity (Wildman–Crippen MR) is 233 cm³/mol. The van der Waals surface area contributed by atoms with Gasteiger partial charge in [0.2, 0.25) is 0 Å². The molecule has 0 saturated heterocycles. The molecule has 0 aliphatic rings. The van der Waals surface area contributed by atoms with Crippen molar-refractivity contribution in [1.29, 1.82) is 0 Å². The second kappa shape index (κ2) is 42.0. The van der Waals surface area contributed by atoms with Crippen molar-refractivity contribution in [1.82, 2.24) is 0 Å². The second-order valence-corrected chi connectivity index (χ2v) is 17.7. The van der Waals surface area contributed by atoms with Gasteiger partial charge in [0, 0.05) is 19.3 Å². The van der Waals surface area contributed by atoms with Gasteiger partial charge in [0.1, 0.15) is 13.2 Å². The van der Waals surface area contributed by atoms with Gasteiger partial charge in [-0.3, -0.25) is 14.4 Å². The Hall–Kier alpha value is -1.59. The minimum Gasteiger partial charge on any atom is -0.462 e. The normalized spacial score (nSPS) is 12.1. The molecule has 0 amide bonds. The minimum absolute atomic E-state index is 0.0651. The summed E-state index contributed by atoms with van der Waals surface area (Å²) >= 11 is 0. The van der Waals surface area contributed by atoms with E-state index >= 15 is 0 Å². The highest BCUT2D eigenvalue weighted by molar-refractivity contribution is 5.71. The first-order valence-electron chi connectivity index (χ1n) is 24.2. The van der Waals surface area contributed by atoms with Gasteiger partial charge < -0.3 is 14.2 Å². The number of hydrogen-bond acceptors (Lipinski definition) is 6. The van der Waals surface area contributed by atoms with E-state index in [4.69, 9.17) is 14.2 Å². The maximum atomic E-state index is 12.7. The Morgan fingerprint density at radius 3 is 0.891 bits per heavy atom. The van der Waals surface area contributed by atoms with Crippen molar-refractivity contribution >= 4 is 17.9 Å². The van der Waals surface area contributed by atoms with Gasteiger partial charge >= 0.3 is 17.9 Å². The summed E-state index contributed by atoms with van der Waals surface area (Å²) in [5, 5.41) is 0. The van der Waals surface area contributed by atoms with Gasteiger partial charge in [-0.15, -0.1) is 0 Å². The molecule has 0 spiro atoms. The molecule has 0 radical (unpaired) electrons. The first-order chi connectivity index (χ1) is 26.7. The number of esters is 3. The lowest BCUT2D eigenvalue weighted by atomic mass is 10.0. The van der Waals surface area contributed by atoms with Gasteiger partial charge in [0.15, 0.2) is 6.10 Å². The Balaban J connectivity index is 4.31. The Labute approximate surface area is 342 Å². The van der Waals surface area contributed by atoms with Crippen molar-refractivity contribution < 1.29 is 28.6 Å². The lowest BCUT2D eigenvalue weighted by molar-refractivity contribution is -0.167. The largest absolute Gasteiger partial charge is 0.462 e. The fourth-order valence-electron chi connectivity index (χ4n) is 7.28. The van der Waals surface area contributed by atoms with E-state index in [1.807, 2.05) is 0 Å². The lowest BCUT2D eigenvalue weighted by Gasteiger charge is -2.18. The topological polar surface area (TPSA) is 78.9 Å². The number of carbonyl (C=O) groups excluding carboxylic acids is 3. The van der Waals surface area contributed by atoms with Crippen molar-refractivity contribution in [3.05, 3.63) is 0 Å². The van der Waals surface area contributed by atoms with E-state index in [1.54, 1.807) is 0 Å². The molecule has 0 N–H and O–H groups in total. The van der Waals surface area contributed by atoms with Gasteiger partial charge in [0.05, 0.1) is 0 Å². The van der Waals surface area contributed by atoms with Crippen LogP contribution in [0.4, 0.5) is 0 Å². The molecule has 0 fully saturated rings. The summed E-state index contributed by atoms with van der Waals surface area (Å²) in [5.74, 6) is 0.734. The van der Waals surface area contributed by atoms with E-state index in [-0.39, 0.29) is 31.1 Å². The summed E-state index contributed by atoms with van der Waals surface area (Å²) in [7, 11) is 0. The van der Waals surface area contributed by atoms with Crippen molar-refractivity contribution in [3.63, 3.8) is 0 Å². The SMILES string of the molecule is CCCCCCCCCCCCCCCCCC(=O)O[C@@H](COC(=O)CCCCCCCCCCCC(C)C)COC(=O)CCCCCCCCCC(C)C. The average Bonchev–Trinajstić information content (AvgIpc) is 3.15. The summed E-state index contributed by atoms with van der Waals surface area (Å²) < 4.78 is 16.7. The van der Waals surface area contributed by atoms with Crippen LogP contribution in [0.15, 0.2) is 0 Å². The van der Waals surface area contributed by atoms with Gasteiger partial charge in [-0.05, 0) is 31.1 Å². The Morgan fingerprint density at radius 2 is 0.600 bits per heavy atom. The third-order valence-corrected chi connectivity index (χ3v) is 11.0. The summed E-state index contributed by atoms with van der Waals surface area (Å²) in [6.07, 6.45) is 41.0. The zero-order valence-corrected chi connectivity index (χ0v) is 37.6. The van der Waals surface area contributed by atoms with E-state index in [9.17, 15) is 14.4 Å². The number of hydrogen-bond donors (Lipinski definition) is 0. The van der Waals surface area contributed by atoms with E-state index in [1.165, 1.54) is 154 Å². The molecular weight excluding hydrogens is 685 g/mol. The van der Waals surface area contributed by atoms with Crippen molar-refractivity contribution in [2.75, 3.05) is 13.2 Å². The summed E-state index contributed by atoms with van der Waals surface area (Å²) in [5.41, 5.74) is 0. The standard InChI is InChI=1S/C49H94O6/c1-6-7-8-9-10-11-12-13-14-15-16-19-25-31-36-41-49(52)55-46(43-54-48(51)40-35-30-26-21-23-28-33-38-45(4)5)42-53-47(50)39-34-29-24-20-17-18-22-27-32-37-44(2)3/h44-46H,6-43H2,1-5H3/t46-/m0/s1. The van der Waals surface area contributed by atoms with Crippen molar-refractivity contribution in [3.8, 4) is 0 Å². The molecule has 0 aliphatic carbocycles. The fraction of sp³-hybridized carbons (Fsp3) is 0.939. The molecule has 0 aromatic heterocycles. The van der Waals surface area contributed by atoms with Crippen LogP contribution in [-0.2, 0) is 28.6 Å². The Morgan fingerprint density at radius 1 is 0.345 bits per heavy atom. The number of ether oxygens (including phenoxy) is 3. The highest BCUT2D eigenvalue weighted by Crippen LogP contribution is 2.17. The molecule has 0 unspecified atom stereocenters. The molecule has 55 heavy (non-hydrogen) atoms. The molecule has 0 rings (SSSR count). The van der Waals surface area contributed by atoms with Gasteiger partial charge in [-0.2, -0.15) is 0 Å². The molecule has 326 valence electrons. The van der Waals surface area contributed by atoms with Crippen LogP contribution in [0.3, 0.4) is 0 Å². The third-order valence-electron chi connectivity index (χ3n) is 11.0. The van der Waals surface area contributed by atoms with E-state index < -0.39 is 6.10 Å². The average molecular weight is 779 g/mol. The first-order valence-corrected chi connectivity index (χ1v) is 24.2. The van der Waals surface area contributed by atoms with Gasteiger partial charge in [0.25, 0.3) is 0 Å². The van der Waals surface area contributed by atoms with Crippen LogP contribution in [0.2, 0.25) is 0 Å². The smallest absolute Gasteiger partial charge is 0.306 e. The molecule has 0 saturated carbocycles. The van der Waals surface area contributed by atoms with E-state index in [0.717, 1.165) is 69.6 Å². The summed E-state index contributed by atoms with van der Waals surface area (Å²) in [6.45, 7) is 11.3. The highest BCUT2D eigenvalue weighted by Gasteiger charge is 2.19.